The molecule has 2 fully saturated rings. The van der Waals surface area contributed by atoms with E-state index < -0.39 is 0 Å². The number of nitrogens with one attached hydrogen (secondary N) is 1. The number of rotatable bonds is 7. The molecule has 150 valence electrons. The minimum atomic E-state index is 0.115. The van der Waals surface area contributed by atoms with E-state index in [1.165, 1.54) is 55.4 Å². The third kappa shape index (κ3) is 6.21. The van der Waals surface area contributed by atoms with Gasteiger partial charge < -0.3 is 15.0 Å². The summed E-state index contributed by atoms with van der Waals surface area (Å²) in [7, 11) is 1.73. The summed E-state index contributed by atoms with van der Waals surface area (Å²) < 4.78 is 6.57. The zero-order valence-corrected chi connectivity index (χ0v) is 18.3. The molecule has 1 atom stereocenters. The molecule has 1 heterocycles. The maximum atomic E-state index is 11.2. The molecule has 1 amide bonds. The number of hydrogen-bond donors (Lipinski definition) is 1. The highest BCUT2D eigenvalue weighted by Crippen LogP contribution is 2.30. The molecule has 0 aromatic heterocycles. The standard InChI is InChI=1S/C22H33BrN2O2/c1-16(26)24-20-5-3-17(4-6-20)9-11-25-12-10-18(15-25)13-19-14-21(27-2)7-8-22(19)23/h7-8,14,17-18,20H,3-6,9-13,15H2,1-2H3,(H,24,26). The maximum Gasteiger partial charge on any atom is 0.217 e. The Bertz CT molecular complexity index is 629. The Morgan fingerprint density at radius 2 is 2.00 bits per heavy atom. The number of ether oxygens (including phenoxy) is 1. The highest BCUT2D eigenvalue weighted by molar-refractivity contribution is 9.10. The highest BCUT2D eigenvalue weighted by Gasteiger charge is 2.26. The van der Waals surface area contributed by atoms with Crippen LogP contribution in [-0.2, 0) is 11.2 Å². The fourth-order valence-corrected chi connectivity index (χ4v) is 5.08. The summed E-state index contributed by atoms with van der Waals surface area (Å²) in [5.74, 6) is 2.63. The lowest BCUT2D eigenvalue weighted by molar-refractivity contribution is -0.119. The number of likely N-dealkylation sites (tertiary alicyclic amines) is 1. The highest BCUT2D eigenvalue weighted by atomic mass is 79.9. The normalized spacial score (nSPS) is 26.1. The Balaban J connectivity index is 1.39. The van der Waals surface area contributed by atoms with Gasteiger partial charge in [0.05, 0.1) is 7.11 Å². The molecule has 1 unspecified atom stereocenters. The second-order valence-electron chi connectivity index (χ2n) is 8.32. The average molecular weight is 437 g/mol. The molecule has 0 bridgehead atoms. The van der Waals surface area contributed by atoms with E-state index in [4.69, 9.17) is 4.74 Å². The Labute approximate surface area is 172 Å². The molecule has 1 saturated carbocycles. The monoisotopic (exact) mass is 436 g/mol. The third-order valence-electron chi connectivity index (χ3n) is 6.24. The first-order chi connectivity index (χ1) is 13.0. The number of amides is 1. The largest absolute Gasteiger partial charge is 0.497 e. The van der Waals surface area contributed by atoms with Gasteiger partial charge in [-0.15, -0.1) is 0 Å². The van der Waals surface area contributed by atoms with Crippen molar-refractivity contribution < 1.29 is 9.53 Å². The molecule has 0 radical (unpaired) electrons. The van der Waals surface area contributed by atoms with Gasteiger partial charge in [-0.05, 0) is 93.6 Å². The summed E-state index contributed by atoms with van der Waals surface area (Å²) in [6.07, 6.45) is 8.54. The van der Waals surface area contributed by atoms with Gasteiger partial charge in [-0.3, -0.25) is 4.79 Å². The van der Waals surface area contributed by atoms with Crippen LogP contribution in [0.25, 0.3) is 0 Å². The maximum absolute atomic E-state index is 11.2. The van der Waals surface area contributed by atoms with Crippen molar-refractivity contribution in [1.29, 1.82) is 0 Å². The number of hydrogen-bond acceptors (Lipinski definition) is 3. The minimum absolute atomic E-state index is 0.115. The van der Waals surface area contributed by atoms with E-state index in [1.54, 1.807) is 14.0 Å². The number of nitrogens with zero attached hydrogens (tertiary/aromatic N) is 1. The van der Waals surface area contributed by atoms with Crippen molar-refractivity contribution in [2.75, 3.05) is 26.7 Å². The third-order valence-corrected chi connectivity index (χ3v) is 7.01. The Morgan fingerprint density at radius 3 is 2.70 bits per heavy atom. The lowest BCUT2D eigenvalue weighted by atomic mass is 9.84. The van der Waals surface area contributed by atoms with Gasteiger partial charge in [0.2, 0.25) is 5.91 Å². The van der Waals surface area contributed by atoms with Crippen LogP contribution >= 0.6 is 15.9 Å². The van der Waals surface area contributed by atoms with Crippen LogP contribution < -0.4 is 10.1 Å². The van der Waals surface area contributed by atoms with Crippen LogP contribution in [0.4, 0.5) is 0 Å². The van der Waals surface area contributed by atoms with Gasteiger partial charge in [0.1, 0.15) is 5.75 Å². The lowest BCUT2D eigenvalue weighted by Gasteiger charge is -2.30. The summed E-state index contributed by atoms with van der Waals surface area (Å²) in [6, 6.07) is 6.68. The van der Waals surface area contributed by atoms with Crippen LogP contribution in [0.5, 0.6) is 5.75 Å². The zero-order chi connectivity index (χ0) is 19.2. The molecule has 1 aliphatic carbocycles. The quantitative estimate of drug-likeness (QED) is 0.687. The number of halogens is 1. The molecular formula is C22H33BrN2O2. The molecule has 0 spiro atoms. The van der Waals surface area contributed by atoms with Gasteiger partial charge in [-0.1, -0.05) is 15.9 Å². The van der Waals surface area contributed by atoms with Crippen LogP contribution in [0.1, 0.15) is 51.0 Å². The van der Waals surface area contributed by atoms with E-state index in [2.05, 4.69) is 38.3 Å². The van der Waals surface area contributed by atoms with Gasteiger partial charge >= 0.3 is 0 Å². The smallest absolute Gasteiger partial charge is 0.217 e. The second-order valence-corrected chi connectivity index (χ2v) is 9.18. The number of methoxy groups -OCH3 is 1. The molecule has 27 heavy (non-hydrogen) atoms. The fourth-order valence-electron chi connectivity index (χ4n) is 4.68. The van der Waals surface area contributed by atoms with E-state index in [9.17, 15) is 4.79 Å². The second kappa shape index (κ2) is 9.92. The Kier molecular flexibility index (Phi) is 7.59. The summed E-state index contributed by atoms with van der Waals surface area (Å²) in [5, 5.41) is 3.08. The van der Waals surface area contributed by atoms with E-state index >= 15 is 0 Å². The molecule has 1 aromatic rings. The van der Waals surface area contributed by atoms with E-state index in [0.717, 1.165) is 36.8 Å². The van der Waals surface area contributed by atoms with Gasteiger partial charge in [0.15, 0.2) is 0 Å². The first kappa shape index (κ1) is 20.7. The lowest BCUT2D eigenvalue weighted by Crippen LogP contribution is -2.36. The van der Waals surface area contributed by atoms with E-state index in [-0.39, 0.29) is 5.91 Å². The van der Waals surface area contributed by atoms with Crippen molar-refractivity contribution in [3.8, 4) is 5.75 Å². The molecule has 1 saturated heterocycles. The van der Waals surface area contributed by atoms with Gasteiger partial charge in [0.25, 0.3) is 0 Å². The van der Waals surface area contributed by atoms with Crippen molar-refractivity contribution in [2.24, 2.45) is 11.8 Å². The van der Waals surface area contributed by atoms with Crippen LogP contribution in [-0.4, -0.2) is 43.6 Å². The molecule has 5 heteroatoms. The summed E-state index contributed by atoms with van der Waals surface area (Å²) in [5.41, 5.74) is 1.36. The van der Waals surface area contributed by atoms with E-state index in [0.29, 0.717) is 6.04 Å². The first-order valence-electron chi connectivity index (χ1n) is 10.4. The summed E-state index contributed by atoms with van der Waals surface area (Å²) in [6.45, 7) is 5.30. The van der Waals surface area contributed by atoms with Gasteiger partial charge in [-0.2, -0.15) is 0 Å². The van der Waals surface area contributed by atoms with Crippen molar-refractivity contribution in [3.63, 3.8) is 0 Å². The van der Waals surface area contributed by atoms with Crippen LogP contribution in [0.2, 0.25) is 0 Å². The molecule has 1 aliphatic heterocycles. The Hall–Kier alpha value is -1.07. The zero-order valence-electron chi connectivity index (χ0n) is 16.7. The van der Waals surface area contributed by atoms with Crippen molar-refractivity contribution >= 4 is 21.8 Å². The number of benzene rings is 1. The molecule has 4 nitrogen and oxygen atoms in total. The van der Waals surface area contributed by atoms with Gasteiger partial charge in [0, 0.05) is 24.0 Å². The van der Waals surface area contributed by atoms with Crippen LogP contribution in [0, 0.1) is 11.8 Å². The van der Waals surface area contributed by atoms with Crippen LogP contribution in [0.3, 0.4) is 0 Å². The van der Waals surface area contributed by atoms with Crippen molar-refractivity contribution in [2.45, 2.75) is 57.9 Å². The Morgan fingerprint density at radius 1 is 1.22 bits per heavy atom. The predicted octanol–water partition coefficient (Wildman–Crippen LogP) is 4.41. The van der Waals surface area contributed by atoms with Crippen molar-refractivity contribution in [1.82, 2.24) is 10.2 Å². The number of carbonyl (C=O) groups excluding carboxylic acids is 1. The molecule has 1 N–H and O–H groups in total. The summed E-state index contributed by atoms with van der Waals surface area (Å²) >= 11 is 3.69. The molecule has 3 rings (SSSR count). The van der Waals surface area contributed by atoms with Gasteiger partial charge in [-0.25, -0.2) is 0 Å². The van der Waals surface area contributed by atoms with Crippen LogP contribution in [0.15, 0.2) is 22.7 Å². The predicted molar refractivity (Wildman–Crippen MR) is 113 cm³/mol. The number of carbonyl (C=O) groups is 1. The topological polar surface area (TPSA) is 41.6 Å². The summed E-state index contributed by atoms with van der Waals surface area (Å²) in [4.78, 5) is 13.8. The fraction of sp³-hybridized carbons (Fsp3) is 0.682. The van der Waals surface area contributed by atoms with Crippen molar-refractivity contribution in [3.05, 3.63) is 28.2 Å². The average Bonchev–Trinajstić information content (AvgIpc) is 3.10. The minimum Gasteiger partial charge on any atom is -0.497 e. The molecular weight excluding hydrogens is 404 g/mol. The van der Waals surface area contributed by atoms with E-state index in [1.807, 2.05) is 6.07 Å². The SMILES string of the molecule is COc1ccc(Br)c(CC2CCN(CCC3CCC(NC(C)=O)CC3)C2)c1. The molecule has 2 aliphatic rings. The first-order valence-corrected chi connectivity index (χ1v) is 11.1. The molecule has 1 aromatic carbocycles.